The van der Waals surface area contributed by atoms with Gasteiger partial charge in [-0.15, -0.1) is 0 Å². The third-order valence-electron chi connectivity index (χ3n) is 7.10. The van der Waals surface area contributed by atoms with Crippen molar-refractivity contribution in [2.75, 3.05) is 6.61 Å². The molecule has 1 fully saturated rings. The van der Waals surface area contributed by atoms with Crippen molar-refractivity contribution in [2.24, 2.45) is 5.92 Å². The van der Waals surface area contributed by atoms with Gasteiger partial charge < -0.3 is 20.5 Å². The van der Waals surface area contributed by atoms with E-state index in [-0.39, 0.29) is 30.8 Å². The Bertz CT molecular complexity index is 1040. The lowest BCUT2D eigenvalue weighted by Gasteiger charge is -2.31. The molecule has 0 aromatic heterocycles. The monoisotopic (exact) mass is 478 g/mol. The van der Waals surface area contributed by atoms with Crippen molar-refractivity contribution in [1.82, 2.24) is 10.6 Å². The summed E-state index contributed by atoms with van der Waals surface area (Å²) >= 11 is 0. The van der Waals surface area contributed by atoms with E-state index < -0.39 is 23.6 Å². The van der Waals surface area contributed by atoms with Gasteiger partial charge in [0.05, 0.1) is 12.0 Å². The summed E-state index contributed by atoms with van der Waals surface area (Å²) < 4.78 is 5.64. The van der Waals surface area contributed by atoms with Crippen molar-refractivity contribution < 1.29 is 24.2 Å². The second-order valence-electron chi connectivity index (χ2n) is 10.2. The zero-order valence-corrected chi connectivity index (χ0v) is 20.4. The smallest absolute Gasteiger partial charge is 0.407 e. The SMILES string of the molecule is CC(C)C[C@H](NC(=O)OCC1c2ccccc2-c2ccccc21)C(=O)NC1(CC(=O)O)CCCC1. The van der Waals surface area contributed by atoms with Crippen molar-refractivity contribution in [2.45, 2.75) is 69.9 Å². The van der Waals surface area contributed by atoms with Crippen LogP contribution in [0.25, 0.3) is 11.1 Å². The molecule has 1 saturated carbocycles. The number of hydrogen-bond donors (Lipinski definition) is 3. The van der Waals surface area contributed by atoms with E-state index in [0.29, 0.717) is 19.3 Å². The molecule has 7 nitrogen and oxygen atoms in total. The Morgan fingerprint density at radius 1 is 1.00 bits per heavy atom. The number of fused-ring (bicyclic) bond motifs is 3. The molecule has 0 radical (unpaired) electrons. The quantitative estimate of drug-likeness (QED) is 0.478. The highest BCUT2D eigenvalue weighted by molar-refractivity contribution is 5.87. The van der Waals surface area contributed by atoms with Crippen molar-refractivity contribution in [3.05, 3.63) is 59.7 Å². The first kappa shape index (κ1) is 24.8. The lowest BCUT2D eigenvalue weighted by atomic mass is 9.92. The molecular weight excluding hydrogens is 444 g/mol. The molecule has 2 amide bonds. The summed E-state index contributed by atoms with van der Waals surface area (Å²) in [5.74, 6) is -1.20. The molecule has 0 spiro atoms. The van der Waals surface area contributed by atoms with Crippen LogP contribution in [-0.2, 0) is 14.3 Å². The van der Waals surface area contributed by atoms with Gasteiger partial charge in [-0.25, -0.2) is 4.79 Å². The zero-order chi connectivity index (χ0) is 25.0. The van der Waals surface area contributed by atoms with Crippen LogP contribution in [-0.4, -0.2) is 41.3 Å². The Balaban J connectivity index is 1.42. The van der Waals surface area contributed by atoms with Crippen LogP contribution in [0.1, 0.15) is 69.4 Å². The number of ether oxygens (including phenoxy) is 1. The van der Waals surface area contributed by atoms with Crippen LogP contribution in [0.5, 0.6) is 0 Å². The summed E-state index contributed by atoms with van der Waals surface area (Å²) in [7, 11) is 0. The van der Waals surface area contributed by atoms with Crippen LogP contribution < -0.4 is 10.6 Å². The first-order valence-corrected chi connectivity index (χ1v) is 12.4. The fourth-order valence-corrected chi connectivity index (χ4v) is 5.52. The molecule has 4 rings (SSSR count). The number of alkyl carbamates (subject to hydrolysis) is 1. The van der Waals surface area contributed by atoms with Gasteiger partial charge in [0.1, 0.15) is 12.6 Å². The van der Waals surface area contributed by atoms with Gasteiger partial charge in [0.2, 0.25) is 5.91 Å². The van der Waals surface area contributed by atoms with E-state index >= 15 is 0 Å². The number of carboxylic acid groups (broad SMARTS) is 1. The van der Waals surface area contributed by atoms with E-state index in [2.05, 4.69) is 34.9 Å². The molecule has 2 aromatic carbocycles. The first-order valence-electron chi connectivity index (χ1n) is 12.4. The first-order chi connectivity index (χ1) is 16.8. The molecule has 2 aromatic rings. The standard InChI is InChI=1S/C28H34N2O5/c1-18(2)15-24(26(33)30-28(16-25(31)32)13-7-8-14-28)29-27(34)35-17-23-21-11-5-3-9-19(21)20-10-4-6-12-22(20)23/h3-6,9-12,18,23-24H,7-8,13-17H2,1-2H3,(H,29,34)(H,30,33)(H,31,32)/t24-/m0/s1. The summed E-state index contributed by atoms with van der Waals surface area (Å²) in [6, 6.07) is 15.4. The van der Waals surface area contributed by atoms with Crippen LogP contribution in [0.15, 0.2) is 48.5 Å². The fraction of sp³-hybridized carbons (Fsp3) is 0.464. The highest BCUT2D eigenvalue weighted by Gasteiger charge is 2.39. The number of carbonyl (C=O) groups is 3. The topological polar surface area (TPSA) is 105 Å². The molecule has 186 valence electrons. The molecule has 0 heterocycles. The number of amides is 2. The zero-order valence-electron chi connectivity index (χ0n) is 20.4. The maximum atomic E-state index is 13.2. The van der Waals surface area contributed by atoms with Crippen LogP contribution in [0.3, 0.4) is 0 Å². The van der Waals surface area contributed by atoms with E-state index in [9.17, 15) is 19.5 Å². The van der Waals surface area contributed by atoms with Gasteiger partial charge in [-0.3, -0.25) is 9.59 Å². The average Bonchev–Trinajstić information content (AvgIpc) is 3.39. The van der Waals surface area contributed by atoms with Crippen LogP contribution in [0.2, 0.25) is 0 Å². The summed E-state index contributed by atoms with van der Waals surface area (Å²) in [6.07, 6.45) is 2.68. The molecule has 1 atom stereocenters. The Labute approximate surface area is 206 Å². The van der Waals surface area contributed by atoms with E-state index in [1.54, 1.807) is 0 Å². The molecule has 2 aliphatic rings. The molecule has 0 saturated heterocycles. The van der Waals surface area contributed by atoms with Crippen LogP contribution in [0, 0.1) is 5.92 Å². The molecule has 0 bridgehead atoms. The minimum atomic E-state index is -0.933. The Morgan fingerprint density at radius 3 is 2.11 bits per heavy atom. The third kappa shape index (κ3) is 5.66. The maximum Gasteiger partial charge on any atom is 0.407 e. The van der Waals surface area contributed by atoms with E-state index in [4.69, 9.17) is 4.74 Å². The summed E-state index contributed by atoms with van der Waals surface area (Å²) in [6.45, 7) is 4.11. The van der Waals surface area contributed by atoms with Crippen LogP contribution >= 0.6 is 0 Å². The van der Waals surface area contributed by atoms with Gasteiger partial charge in [-0.2, -0.15) is 0 Å². The molecule has 2 aliphatic carbocycles. The van der Waals surface area contributed by atoms with E-state index in [0.717, 1.165) is 35.1 Å². The minimum Gasteiger partial charge on any atom is -0.481 e. The molecule has 3 N–H and O–H groups in total. The summed E-state index contributed by atoms with van der Waals surface area (Å²) in [5, 5.41) is 15.1. The number of carbonyl (C=O) groups excluding carboxylic acids is 2. The molecular formula is C28H34N2O5. The lowest BCUT2D eigenvalue weighted by Crippen LogP contribution is -2.55. The fourth-order valence-electron chi connectivity index (χ4n) is 5.52. The number of aliphatic carboxylic acids is 1. The predicted molar refractivity (Wildman–Crippen MR) is 133 cm³/mol. The highest BCUT2D eigenvalue weighted by atomic mass is 16.5. The van der Waals surface area contributed by atoms with Gasteiger partial charge in [-0.1, -0.05) is 75.2 Å². The number of benzene rings is 2. The Kier molecular flexibility index (Phi) is 7.43. The lowest BCUT2D eigenvalue weighted by molar-refractivity contribution is -0.139. The molecule has 35 heavy (non-hydrogen) atoms. The van der Waals surface area contributed by atoms with Gasteiger partial charge in [0.25, 0.3) is 0 Å². The number of nitrogens with one attached hydrogen (secondary N) is 2. The number of carboxylic acids is 1. The molecule has 7 heteroatoms. The summed E-state index contributed by atoms with van der Waals surface area (Å²) in [4.78, 5) is 37.4. The van der Waals surface area contributed by atoms with Gasteiger partial charge in [0, 0.05) is 5.92 Å². The van der Waals surface area contributed by atoms with Gasteiger partial charge in [-0.05, 0) is 47.4 Å². The normalized spacial score (nSPS) is 16.9. The maximum absolute atomic E-state index is 13.2. The van der Waals surface area contributed by atoms with Crippen molar-refractivity contribution in [3.63, 3.8) is 0 Å². The predicted octanol–water partition coefficient (Wildman–Crippen LogP) is 4.84. The molecule has 0 aliphatic heterocycles. The van der Waals surface area contributed by atoms with Crippen LogP contribution in [0.4, 0.5) is 4.79 Å². The van der Waals surface area contributed by atoms with Gasteiger partial charge >= 0.3 is 12.1 Å². The average molecular weight is 479 g/mol. The van der Waals surface area contributed by atoms with Crippen molar-refractivity contribution in [3.8, 4) is 11.1 Å². The minimum absolute atomic E-state index is 0.0668. The Hall–Kier alpha value is -3.35. The number of rotatable bonds is 9. The largest absolute Gasteiger partial charge is 0.481 e. The second-order valence-corrected chi connectivity index (χ2v) is 10.2. The van der Waals surface area contributed by atoms with Crippen molar-refractivity contribution >= 4 is 18.0 Å². The van der Waals surface area contributed by atoms with E-state index in [1.807, 2.05) is 38.1 Å². The molecule has 0 unspecified atom stereocenters. The second kappa shape index (κ2) is 10.5. The van der Waals surface area contributed by atoms with Gasteiger partial charge in [0.15, 0.2) is 0 Å². The van der Waals surface area contributed by atoms with E-state index in [1.165, 1.54) is 0 Å². The summed E-state index contributed by atoms with van der Waals surface area (Å²) in [5.41, 5.74) is 3.79. The Morgan fingerprint density at radius 2 is 1.57 bits per heavy atom. The number of hydrogen-bond acceptors (Lipinski definition) is 4. The van der Waals surface area contributed by atoms with Crippen molar-refractivity contribution in [1.29, 1.82) is 0 Å². The highest BCUT2D eigenvalue weighted by Crippen LogP contribution is 2.44. The third-order valence-corrected chi connectivity index (χ3v) is 7.10.